The van der Waals surface area contributed by atoms with Gasteiger partial charge in [-0.3, -0.25) is 4.79 Å². The van der Waals surface area contributed by atoms with Gasteiger partial charge in [-0.05, 0) is 69.7 Å². The van der Waals surface area contributed by atoms with Gasteiger partial charge in [-0.15, -0.1) is 0 Å². The smallest absolute Gasteiger partial charge is 0.317 e. The number of rotatable bonds is 9. The van der Waals surface area contributed by atoms with E-state index in [0.717, 1.165) is 31.4 Å². The third-order valence-corrected chi connectivity index (χ3v) is 5.80. The summed E-state index contributed by atoms with van der Waals surface area (Å²) in [7, 11) is 4.07. The van der Waals surface area contributed by atoms with Crippen molar-refractivity contribution in [2.45, 2.75) is 44.7 Å². The molecule has 2 aromatic carbocycles. The molecule has 0 unspecified atom stereocenters. The van der Waals surface area contributed by atoms with Crippen LogP contribution in [0.4, 0.5) is 16.2 Å². The fourth-order valence-electron chi connectivity index (χ4n) is 3.95. The van der Waals surface area contributed by atoms with E-state index in [1.807, 2.05) is 43.3 Å². The molecule has 0 radical (unpaired) electrons. The van der Waals surface area contributed by atoms with E-state index in [0.29, 0.717) is 30.0 Å². The zero-order valence-corrected chi connectivity index (χ0v) is 19.1. The molecule has 4 N–H and O–H groups in total. The number of anilines is 2. The first-order valence-electron chi connectivity index (χ1n) is 11.4. The van der Waals surface area contributed by atoms with E-state index in [1.165, 1.54) is 12.8 Å². The van der Waals surface area contributed by atoms with Gasteiger partial charge in [0.2, 0.25) is 0 Å². The quantitative estimate of drug-likeness (QED) is 0.519. The van der Waals surface area contributed by atoms with Crippen LogP contribution in [0.3, 0.4) is 0 Å². The number of carbonyl (C=O) groups is 2. The van der Waals surface area contributed by atoms with Crippen molar-refractivity contribution in [3.8, 4) is 0 Å². The Balaban J connectivity index is 1.62. The summed E-state index contributed by atoms with van der Waals surface area (Å²) in [5.74, 6) is -0.212. The Hall–Kier alpha value is -3.06. The lowest BCUT2D eigenvalue weighted by molar-refractivity contribution is 0.102. The van der Waals surface area contributed by atoms with Crippen molar-refractivity contribution >= 4 is 23.3 Å². The first-order valence-corrected chi connectivity index (χ1v) is 11.4. The van der Waals surface area contributed by atoms with Gasteiger partial charge in [0.1, 0.15) is 0 Å². The van der Waals surface area contributed by atoms with Crippen LogP contribution < -0.4 is 16.4 Å². The summed E-state index contributed by atoms with van der Waals surface area (Å²) in [4.78, 5) is 29.5. The number of benzene rings is 2. The van der Waals surface area contributed by atoms with Gasteiger partial charge in [0.15, 0.2) is 0 Å². The largest absolute Gasteiger partial charge is 0.397 e. The molecule has 3 amide bonds. The Labute approximate surface area is 191 Å². The number of nitrogen functional groups attached to an aromatic ring is 1. The van der Waals surface area contributed by atoms with Crippen LogP contribution in [0.1, 0.15) is 48.0 Å². The van der Waals surface area contributed by atoms with Crippen molar-refractivity contribution in [1.29, 1.82) is 0 Å². The molecule has 7 heteroatoms. The van der Waals surface area contributed by atoms with Gasteiger partial charge >= 0.3 is 6.03 Å². The Kier molecular flexibility index (Phi) is 8.50. The highest BCUT2D eigenvalue weighted by molar-refractivity contribution is 6.05. The Morgan fingerprint density at radius 2 is 1.69 bits per heavy atom. The maximum absolute atomic E-state index is 12.9. The number of hydrogen-bond acceptors (Lipinski definition) is 4. The van der Waals surface area contributed by atoms with E-state index < -0.39 is 0 Å². The van der Waals surface area contributed by atoms with Gasteiger partial charge in [0.05, 0.1) is 11.4 Å². The van der Waals surface area contributed by atoms with Crippen LogP contribution in [0, 0.1) is 0 Å². The lowest BCUT2D eigenvalue weighted by Crippen LogP contribution is -2.44. The number of nitrogens with zero attached hydrogens (tertiary/aromatic N) is 2. The lowest BCUT2D eigenvalue weighted by Gasteiger charge is -2.26. The zero-order valence-electron chi connectivity index (χ0n) is 19.1. The third kappa shape index (κ3) is 6.99. The molecule has 0 aromatic heterocycles. The predicted octanol–water partition coefficient (Wildman–Crippen LogP) is 3.93. The van der Waals surface area contributed by atoms with Crippen LogP contribution in [0.15, 0.2) is 48.5 Å². The molecule has 1 fully saturated rings. The van der Waals surface area contributed by atoms with E-state index in [4.69, 9.17) is 5.73 Å². The molecule has 172 valence electrons. The van der Waals surface area contributed by atoms with Crippen LogP contribution in [0.2, 0.25) is 0 Å². The van der Waals surface area contributed by atoms with E-state index in [9.17, 15) is 9.59 Å². The molecule has 32 heavy (non-hydrogen) atoms. The van der Waals surface area contributed by atoms with Gasteiger partial charge in [0, 0.05) is 24.7 Å². The van der Waals surface area contributed by atoms with E-state index >= 15 is 0 Å². The second-order valence-electron chi connectivity index (χ2n) is 8.75. The maximum Gasteiger partial charge on any atom is 0.317 e. The SMILES string of the molecule is CN(C)CCCN(Cc1ccc(C(=O)Nc2ccccc2N)cc1)C(=O)NC1CCCC1. The molecule has 0 spiro atoms. The highest BCUT2D eigenvalue weighted by Gasteiger charge is 2.21. The van der Waals surface area contributed by atoms with E-state index in [1.54, 1.807) is 24.3 Å². The summed E-state index contributed by atoms with van der Waals surface area (Å²) in [5.41, 5.74) is 8.57. The molecule has 3 rings (SSSR count). The standard InChI is InChI=1S/C25H35N5O2/c1-29(2)16-7-17-30(25(32)27-21-8-3-4-9-21)18-19-12-14-20(15-13-19)24(31)28-23-11-6-5-10-22(23)26/h5-6,10-15,21H,3-4,7-9,16-18,26H2,1-2H3,(H,27,32)(H,28,31). The molecule has 7 nitrogen and oxygen atoms in total. The van der Waals surface area contributed by atoms with Crippen molar-refractivity contribution in [3.63, 3.8) is 0 Å². The number of para-hydroxylation sites is 2. The average molecular weight is 438 g/mol. The fourth-order valence-corrected chi connectivity index (χ4v) is 3.95. The van der Waals surface area contributed by atoms with E-state index in [2.05, 4.69) is 15.5 Å². The summed E-state index contributed by atoms with van der Waals surface area (Å²) >= 11 is 0. The summed E-state index contributed by atoms with van der Waals surface area (Å²) in [6.45, 7) is 2.13. The second-order valence-corrected chi connectivity index (χ2v) is 8.75. The summed E-state index contributed by atoms with van der Waals surface area (Å²) in [5, 5.41) is 6.04. The Bertz CT molecular complexity index is 891. The van der Waals surface area contributed by atoms with E-state index in [-0.39, 0.29) is 18.0 Å². The maximum atomic E-state index is 12.9. The van der Waals surface area contributed by atoms with Crippen molar-refractivity contribution in [2.75, 3.05) is 38.2 Å². The number of hydrogen-bond donors (Lipinski definition) is 3. The van der Waals surface area contributed by atoms with Crippen LogP contribution >= 0.6 is 0 Å². The molecule has 1 saturated carbocycles. The zero-order chi connectivity index (χ0) is 22.9. The number of amides is 3. The van der Waals surface area contributed by atoms with Crippen LogP contribution in [-0.4, -0.2) is 55.0 Å². The molecule has 0 bridgehead atoms. The average Bonchev–Trinajstić information content (AvgIpc) is 3.28. The summed E-state index contributed by atoms with van der Waals surface area (Å²) in [6.07, 6.45) is 5.40. The lowest BCUT2D eigenvalue weighted by atomic mass is 10.1. The normalized spacial score (nSPS) is 13.8. The Morgan fingerprint density at radius 3 is 2.34 bits per heavy atom. The molecule has 1 aliphatic rings. The van der Waals surface area contributed by atoms with Crippen molar-refractivity contribution in [2.24, 2.45) is 0 Å². The monoisotopic (exact) mass is 437 g/mol. The third-order valence-electron chi connectivity index (χ3n) is 5.80. The highest BCUT2D eigenvalue weighted by atomic mass is 16.2. The van der Waals surface area contributed by atoms with Crippen molar-refractivity contribution < 1.29 is 9.59 Å². The topological polar surface area (TPSA) is 90.7 Å². The number of nitrogens with two attached hydrogens (primary N) is 1. The first kappa shape index (κ1) is 23.6. The van der Waals surface area contributed by atoms with Gasteiger partial charge in [0.25, 0.3) is 5.91 Å². The van der Waals surface area contributed by atoms with Crippen molar-refractivity contribution in [3.05, 3.63) is 59.7 Å². The fraction of sp³-hybridized carbons (Fsp3) is 0.440. The minimum Gasteiger partial charge on any atom is -0.397 e. The molecule has 1 aliphatic carbocycles. The van der Waals surface area contributed by atoms with Gasteiger partial charge in [-0.2, -0.15) is 0 Å². The van der Waals surface area contributed by atoms with Crippen molar-refractivity contribution in [1.82, 2.24) is 15.1 Å². The summed E-state index contributed by atoms with van der Waals surface area (Å²) < 4.78 is 0. The van der Waals surface area contributed by atoms with Crippen LogP contribution in [-0.2, 0) is 6.54 Å². The predicted molar refractivity (Wildman–Crippen MR) is 130 cm³/mol. The number of urea groups is 1. The second kappa shape index (κ2) is 11.5. The molecule has 0 aliphatic heterocycles. The minimum absolute atomic E-state index is 0.00275. The van der Waals surface area contributed by atoms with Crippen LogP contribution in [0.25, 0.3) is 0 Å². The molecule has 0 saturated heterocycles. The molecule has 0 atom stereocenters. The van der Waals surface area contributed by atoms with Gasteiger partial charge in [-0.1, -0.05) is 37.1 Å². The highest BCUT2D eigenvalue weighted by Crippen LogP contribution is 2.19. The summed E-state index contributed by atoms with van der Waals surface area (Å²) in [6, 6.07) is 14.9. The molecule has 0 heterocycles. The minimum atomic E-state index is -0.212. The van der Waals surface area contributed by atoms with Gasteiger partial charge in [-0.25, -0.2) is 4.79 Å². The molecular formula is C25H35N5O2. The molecular weight excluding hydrogens is 402 g/mol. The van der Waals surface area contributed by atoms with Crippen LogP contribution in [0.5, 0.6) is 0 Å². The van der Waals surface area contributed by atoms with Gasteiger partial charge < -0.3 is 26.2 Å². The number of carbonyl (C=O) groups excluding carboxylic acids is 2. The first-order chi connectivity index (χ1) is 15.4. The molecule has 2 aromatic rings. The number of nitrogens with one attached hydrogen (secondary N) is 2. The Morgan fingerprint density at radius 1 is 1.00 bits per heavy atom.